The van der Waals surface area contributed by atoms with Crippen LogP contribution in [0.1, 0.15) is 16.7 Å². The number of hydrogen-bond acceptors (Lipinski definition) is 2. The normalized spacial score (nSPS) is 10.1. The van der Waals surface area contributed by atoms with Crippen LogP contribution in [0.4, 0.5) is 0 Å². The van der Waals surface area contributed by atoms with Crippen molar-refractivity contribution in [3.8, 4) is 5.75 Å². The van der Waals surface area contributed by atoms with Crippen LogP contribution in [0.25, 0.3) is 5.57 Å². The first-order valence-electron chi connectivity index (χ1n) is 4.24. The van der Waals surface area contributed by atoms with E-state index in [9.17, 15) is 5.11 Å². The van der Waals surface area contributed by atoms with E-state index in [4.69, 9.17) is 5.73 Å². The summed E-state index contributed by atoms with van der Waals surface area (Å²) in [6, 6.07) is 3.66. The van der Waals surface area contributed by atoms with Gasteiger partial charge in [0.25, 0.3) is 0 Å². The number of rotatable bonds is 2. The topological polar surface area (TPSA) is 46.2 Å². The molecule has 1 aromatic rings. The third-order valence-electron chi connectivity index (χ3n) is 2.24. The average molecular weight is 177 g/mol. The van der Waals surface area contributed by atoms with Crippen molar-refractivity contribution < 1.29 is 5.11 Å². The molecule has 0 aliphatic carbocycles. The van der Waals surface area contributed by atoms with E-state index in [1.807, 2.05) is 19.9 Å². The Morgan fingerprint density at radius 3 is 2.46 bits per heavy atom. The third kappa shape index (κ3) is 1.90. The smallest absolute Gasteiger partial charge is 0.123 e. The lowest BCUT2D eigenvalue weighted by Gasteiger charge is -2.09. The van der Waals surface area contributed by atoms with Gasteiger partial charge in [-0.25, -0.2) is 0 Å². The van der Waals surface area contributed by atoms with Gasteiger partial charge in [-0.1, -0.05) is 6.58 Å². The zero-order chi connectivity index (χ0) is 10.0. The molecule has 3 N–H and O–H groups in total. The lowest BCUT2D eigenvalue weighted by Crippen LogP contribution is -2.01. The third-order valence-corrected chi connectivity index (χ3v) is 2.24. The summed E-state index contributed by atoms with van der Waals surface area (Å²) in [7, 11) is 0. The Hall–Kier alpha value is -1.28. The van der Waals surface area contributed by atoms with E-state index in [1.165, 1.54) is 0 Å². The van der Waals surface area contributed by atoms with E-state index in [1.54, 1.807) is 6.07 Å². The van der Waals surface area contributed by atoms with Crippen LogP contribution in [0, 0.1) is 13.8 Å². The zero-order valence-corrected chi connectivity index (χ0v) is 8.09. The van der Waals surface area contributed by atoms with Crippen LogP contribution in [0.3, 0.4) is 0 Å². The fourth-order valence-corrected chi connectivity index (χ4v) is 1.19. The predicted octanol–water partition coefficient (Wildman–Crippen LogP) is 1.98. The molecule has 0 saturated carbocycles. The molecule has 1 aromatic carbocycles. The van der Waals surface area contributed by atoms with E-state index in [2.05, 4.69) is 6.58 Å². The van der Waals surface area contributed by atoms with Crippen molar-refractivity contribution in [3.63, 3.8) is 0 Å². The van der Waals surface area contributed by atoms with Gasteiger partial charge in [-0.3, -0.25) is 0 Å². The Morgan fingerprint density at radius 1 is 1.38 bits per heavy atom. The molecule has 1 rings (SSSR count). The summed E-state index contributed by atoms with van der Waals surface area (Å²) in [5, 5.41) is 9.60. The van der Waals surface area contributed by atoms with Gasteiger partial charge in [-0.2, -0.15) is 0 Å². The molecular weight excluding hydrogens is 162 g/mol. The van der Waals surface area contributed by atoms with Crippen molar-refractivity contribution in [2.45, 2.75) is 13.8 Å². The van der Waals surface area contributed by atoms with Gasteiger partial charge in [-0.15, -0.1) is 0 Å². The molecule has 0 amide bonds. The summed E-state index contributed by atoms with van der Waals surface area (Å²) in [6.45, 7) is 8.13. The van der Waals surface area contributed by atoms with Crippen LogP contribution in [0.15, 0.2) is 18.7 Å². The predicted molar refractivity (Wildman–Crippen MR) is 55.7 cm³/mol. The molecule has 0 radical (unpaired) electrons. The summed E-state index contributed by atoms with van der Waals surface area (Å²) in [5.41, 5.74) is 9.19. The standard InChI is InChI=1S/C11H15NO/c1-7-4-10(9(3)6-12)11(13)5-8(7)2/h4-5,13H,3,6,12H2,1-2H3. The van der Waals surface area contributed by atoms with E-state index < -0.39 is 0 Å². The number of aromatic hydroxyl groups is 1. The number of nitrogens with two attached hydrogens (primary N) is 1. The molecule has 0 aromatic heterocycles. The monoisotopic (exact) mass is 177 g/mol. The Morgan fingerprint density at radius 2 is 1.92 bits per heavy atom. The number of phenolic OH excluding ortho intramolecular Hbond substituents is 1. The van der Waals surface area contributed by atoms with Gasteiger partial charge in [0, 0.05) is 12.1 Å². The average Bonchev–Trinajstić information content (AvgIpc) is 2.10. The molecule has 13 heavy (non-hydrogen) atoms. The number of hydrogen-bond donors (Lipinski definition) is 2. The fourth-order valence-electron chi connectivity index (χ4n) is 1.19. The van der Waals surface area contributed by atoms with E-state index >= 15 is 0 Å². The van der Waals surface area contributed by atoms with Gasteiger partial charge in [-0.05, 0) is 42.7 Å². The Bertz CT molecular complexity index is 342. The molecule has 2 nitrogen and oxygen atoms in total. The fraction of sp³-hybridized carbons (Fsp3) is 0.273. The van der Waals surface area contributed by atoms with Gasteiger partial charge >= 0.3 is 0 Å². The van der Waals surface area contributed by atoms with E-state index in [0.29, 0.717) is 6.54 Å². The molecule has 0 saturated heterocycles. The molecular formula is C11H15NO. The largest absolute Gasteiger partial charge is 0.507 e. The SMILES string of the molecule is C=C(CN)c1cc(C)c(C)cc1O. The van der Waals surface area contributed by atoms with Crippen molar-refractivity contribution in [1.29, 1.82) is 0 Å². The minimum atomic E-state index is 0.263. The lowest BCUT2D eigenvalue weighted by molar-refractivity contribution is 0.473. The second-order valence-electron chi connectivity index (χ2n) is 3.26. The van der Waals surface area contributed by atoms with E-state index in [0.717, 1.165) is 22.3 Å². The minimum Gasteiger partial charge on any atom is -0.507 e. The van der Waals surface area contributed by atoms with Crippen molar-refractivity contribution in [3.05, 3.63) is 35.4 Å². The number of benzene rings is 1. The quantitative estimate of drug-likeness (QED) is 0.725. The summed E-state index contributed by atoms with van der Waals surface area (Å²) in [6.07, 6.45) is 0. The summed E-state index contributed by atoms with van der Waals surface area (Å²) < 4.78 is 0. The molecule has 70 valence electrons. The molecule has 0 spiro atoms. The molecule has 0 fully saturated rings. The van der Waals surface area contributed by atoms with Crippen LogP contribution in [0.2, 0.25) is 0 Å². The van der Waals surface area contributed by atoms with E-state index in [-0.39, 0.29) is 5.75 Å². The maximum absolute atomic E-state index is 9.60. The van der Waals surface area contributed by atoms with Gasteiger partial charge in [0.1, 0.15) is 5.75 Å². The maximum atomic E-state index is 9.60. The van der Waals surface area contributed by atoms with Crippen LogP contribution < -0.4 is 5.73 Å². The first kappa shape index (κ1) is 9.81. The Kier molecular flexibility index (Phi) is 2.73. The van der Waals surface area contributed by atoms with Crippen LogP contribution in [-0.4, -0.2) is 11.7 Å². The second kappa shape index (κ2) is 3.62. The van der Waals surface area contributed by atoms with Gasteiger partial charge in [0.15, 0.2) is 0 Å². The Balaban J connectivity index is 3.23. The van der Waals surface area contributed by atoms with Crippen LogP contribution in [-0.2, 0) is 0 Å². The highest BCUT2D eigenvalue weighted by Crippen LogP contribution is 2.26. The number of phenols is 1. The van der Waals surface area contributed by atoms with Gasteiger partial charge < -0.3 is 10.8 Å². The molecule has 2 heteroatoms. The lowest BCUT2D eigenvalue weighted by atomic mass is 10.0. The summed E-state index contributed by atoms with van der Waals surface area (Å²) >= 11 is 0. The van der Waals surface area contributed by atoms with Crippen LogP contribution in [0.5, 0.6) is 5.75 Å². The highest BCUT2D eigenvalue weighted by molar-refractivity contribution is 5.70. The highest BCUT2D eigenvalue weighted by atomic mass is 16.3. The summed E-state index contributed by atoms with van der Waals surface area (Å²) in [5.74, 6) is 0.263. The van der Waals surface area contributed by atoms with Crippen molar-refractivity contribution in [1.82, 2.24) is 0 Å². The second-order valence-corrected chi connectivity index (χ2v) is 3.26. The van der Waals surface area contributed by atoms with Crippen molar-refractivity contribution >= 4 is 5.57 Å². The first-order chi connectivity index (χ1) is 6.06. The molecule has 0 bridgehead atoms. The molecule has 0 unspecified atom stereocenters. The zero-order valence-electron chi connectivity index (χ0n) is 8.09. The van der Waals surface area contributed by atoms with Crippen LogP contribution >= 0.6 is 0 Å². The highest BCUT2D eigenvalue weighted by Gasteiger charge is 2.05. The molecule has 0 aliphatic rings. The maximum Gasteiger partial charge on any atom is 0.123 e. The Labute approximate surface area is 78.7 Å². The number of aryl methyl sites for hydroxylation is 2. The first-order valence-corrected chi connectivity index (χ1v) is 4.24. The van der Waals surface area contributed by atoms with Crippen molar-refractivity contribution in [2.24, 2.45) is 5.73 Å². The van der Waals surface area contributed by atoms with Crippen molar-refractivity contribution in [2.75, 3.05) is 6.54 Å². The molecule has 0 aliphatic heterocycles. The van der Waals surface area contributed by atoms with Gasteiger partial charge in [0.05, 0.1) is 0 Å². The molecule has 0 atom stereocenters. The van der Waals surface area contributed by atoms with Gasteiger partial charge in [0.2, 0.25) is 0 Å². The minimum absolute atomic E-state index is 0.263. The molecule has 0 heterocycles. The summed E-state index contributed by atoms with van der Waals surface area (Å²) in [4.78, 5) is 0.